The number of aryl methyl sites for hydroxylation is 1. The third-order valence-corrected chi connectivity index (χ3v) is 3.84. The van der Waals surface area contributed by atoms with Gasteiger partial charge in [-0.05, 0) is 24.6 Å². The van der Waals surface area contributed by atoms with Crippen LogP contribution in [-0.2, 0) is 17.1 Å². The van der Waals surface area contributed by atoms with Crippen LogP contribution in [0.3, 0.4) is 0 Å². The zero-order chi connectivity index (χ0) is 13.8. The molecule has 102 valence electrons. The zero-order valence-corrected chi connectivity index (χ0v) is 12.2. The predicted octanol–water partition coefficient (Wildman–Crippen LogP) is 3.42. The molecule has 0 saturated heterocycles. The summed E-state index contributed by atoms with van der Waals surface area (Å²) in [5, 5.41) is 9.36. The van der Waals surface area contributed by atoms with E-state index in [1.54, 1.807) is 0 Å². The minimum Gasteiger partial charge on any atom is -0.481 e. The normalized spacial score (nSPS) is 11.1. The van der Waals surface area contributed by atoms with E-state index in [4.69, 9.17) is 16.7 Å². The lowest BCUT2D eigenvalue weighted by Crippen LogP contribution is -2.04. The van der Waals surface area contributed by atoms with Gasteiger partial charge in [0.15, 0.2) is 0 Å². The summed E-state index contributed by atoms with van der Waals surface area (Å²) in [6.07, 6.45) is 0.995. The van der Waals surface area contributed by atoms with Crippen LogP contribution in [0.5, 0.6) is 0 Å². The van der Waals surface area contributed by atoms with Gasteiger partial charge in [-0.2, -0.15) is 0 Å². The monoisotopic (exact) mass is 298 g/mol. The summed E-state index contributed by atoms with van der Waals surface area (Å²) in [6, 6.07) is 5.63. The molecule has 0 atom stereocenters. The SMILES string of the molecule is CCCn1c(CSCC(=O)O)nc2ccc(Cl)cc21. The van der Waals surface area contributed by atoms with Crippen LogP contribution >= 0.6 is 23.4 Å². The highest BCUT2D eigenvalue weighted by Crippen LogP contribution is 2.23. The molecule has 0 spiro atoms. The second-order valence-corrected chi connectivity index (χ2v) is 5.62. The van der Waals surface area contributed by atoms with E-state index in [0.717, 1.165) is 29.8 Å². The first-order chi connectivity index (χ1) is 9.11. The molecule has 0 amide bonds. The molecule has 0 aliphatic rings. The number of aliphatic carboxylic acids is 1. The van der Waals surface area contributed by atoms with E-state index in [1.807, 2.05) is 18.2 Å². The third-order valence-electron chi connectivity index (χ3n) is 2.69. The van der Waals surface area contributed by atoms with E-state index in [0.29, 0.717) is 10.8 Å². The number of aromatic nitrogens is 2. The number of hydrogen-bond donors (Lipinski definition) is 1. The lowest BCUT2D eigenvalue weighted by atomic mass is 10.3. The maximum atomic E-state index is 10.6. The first-order valence-corrected chi connectivity index (χ1v) is 7.59. The number of thioether (sulfide) groups is 1. The first-order valence-electron chi connectivity index (χ1n) is 6.06. The van der Waals surface area contributed by atoms with Crippen LogP contribution in [0.25, 0.3) is 11.0 Å². The van der Waals surface area contributed by atoms with E-state index in [2.05, 4.69) is 16.5 Å². The van der Waals surface area contributed by atoms with Crippen LogP contribution in [0.15, 0.2) is 18.2 Å². The Hall–Kier alpha value is -1.20. The number of carboxylic acid groups (broad SMARTS) is 1. The molecule has 2 rings (SSSR count). The van der Waals surface area contributed by atoms with Crippen LogP contribution < -0.4 is 0 Å². The summed E-state index contributed by atoms with van der Waals surface area (Å²) < 4.78 is 2.12. The molecular formula is C13H15ClN2O2S. The number of nitrogens with zero attached hydrogens (tertiary/aromatic N) is 2. The average molecular weight is 299 g/mol. The van der Waals surface area contributed by atoms with Crippen molar-refractivity contribution in [2.24, 2.45) is 0 Å². The van der Waals surface area contributed by atoms with Gasteiger partial charge in [-0.15, -0.1) is 11.8 Å². The Morgan fingerprint density at radius 3 is 3.00 bits per heavy atom. The molecule has 1 aromatic carbocycles. The van der Waals surface area contributed by atoms with Crippen molar-refractivity contribution >= 4 is 40.4 Å². The van der Waals surface area contributed by atoms with Crippen LogP contribution in [0.4, 0.5) is 0 Å². The maximum Gasteiger partial charge on any atom is 0.313 e. The van der Waals surface area contributed by atoms with E-state index in [9.17, 15) is 4.79 Å². The molecular weight excluding hydrogens is 284 g/mol. The molecule has 19 heavy (non-hydrogen) atoms. The van der Waals surface area contributed by atoms with E-state index >= 15 is 0 Å². The number of halogens is 1. The van der Waals surface area contributed by atoms with Gasteiger partial charge in [-0.3, -0.25) is 4.79 Å². The van der Waals surface area contributed by atoms with Gasteiger partial charge >= 0.3 is 5.97 Å². The Kier molecular flexibility index (Phi) is 4.71. The van der Waals surface area contributed by atoms with Crippen molar-refractivity contribution in [1.82, 2.24) is 9.55 Å². The fraction of sp³-hybridized carbons (Fsp3) is 0.385. The molecule has 0 saturated carbocycles. The minimum absolute atomic E-state index is 0.0933. The second-order valence-electron chi connectivity index (χ2n) is 4.20. The number of hydrogen-bond acceptors (Lipinski definition) is 3. The van der Waals surface area contributed by atoms with Gasteiger partial charge in [-0.1, -0.05) is 18.5 Å². The van der Waals surface area contributed by atoms with Gasteiger partial charge in [0.05, 0.1) is 22.5 Å². The van der Waals surface area contributed by atoms with Crippen LogP contribution in [-0.4, -0.2) is 26.4 Å². The van der Waals surface area contributed by atoms with Crippen molar-refractivity contribution in [1.29, 1.82) is 0 Å². The highest BCUT2D eigenvalue weighted by molar-refractivity contribution is 7.99. The van der Waals surface area contributed by atoms with Crippen LogP contribution in [0.1, 0.15) is 19.2 Å². The van der Waals surface area contributed by atoms with Crippen molar-refractivity contribution in [3.63, 3.8) is 0 Å². The lowest BCUT2D eigenvalue weighted by Gasteiger charge is -2.07. The molecule has 0 aliphatic heterocycles. The second kappa shape index (κ2) is 6.30. The van der Waals surface area contributed by atoms with Crippen molar-refractivity contribution in [2.45, 2.75) is 25.6 Å². The van der Waals surface area contributed by atoms with Crippen molar-refractivity contribution in [3.05, 3.63) is 29.0 Å². The topological polar surface area (TPSA) is 55.1 Å². The van der Waals surface area contributed by atoms with Crippen molar-refractivity contribution in [3.8, 4) is 0 Å². The predicted molar refractivity (Wildman–Crippen MR) is 78.8 cm³/mol. The van der Waals surface area contributed by atoms with Crippen molar-refractivity contribution < 1.29 is 9.90 Å². The number of rotatable bonds is 6. The van der Waals surface area contributed by atoms with E-state index in [1.165, 1.54) is 11.8 Å². The highest BCUT2D eigenvalue weighted by Gasteiger charge is 2.11. The Morgan fingerprint density at radius 2 is 2.32 bits per heavy atom. The fourth-order valence-electron chi connectivity index (χ4n) is 1.96. The zero-order valence-electron chi connectivity index (χ0n) is 10.6. The molecule has 1 aromatic heterocycles. The minimum atomic E-state index is -0.800. The van der Waals surface area contributed by atoms with E-state index in [-0.39, 0.29) is 5.75 Å². The fourth-order valence-corrected chi connectivity index (χ4v) is 2.80. The molecule has 4 nitrogen and oxygen atoms in total. The molecule has 1 N–H and O–H groups in total. The smallest absolute Gasteiger partial charge is 0.313 e. The maximum absolute atomic E-state index is 10.6. The number of imidazole rings is 1. The highest BCUT2D eigenvalue weighted by atomic mass is 35.5. The summed E-state index contributed by atoms with van der Waals surface area (Å²) in [5.41, 5.74) is 1.92. The summed E-state index contributed by atoms with van der Waals surface area (Å²) in [6.45, 7) is 2.96. The summed E-state index contributed by atoms with van der Waals surface area (Å²) in [7, 11) is 0. The first kappa shape index (κ1) is 14.2. The van der Waals surface area contributed by atoms with Gasteiger partial charge in [0, 0.05) is 11.6 Å². The Morgan fingerprint density at radius 1 is 1.53 bits per heavy atom. The molecule has 2 aromatic rings. The largest absolute Gasteiger partial charge is 0.481 e. The number of carbonyl (C=O) groups is 1. The Labute approximate surface area is 120 Å². The standard InChI is InChI=1S/C13H15ClN2O2S/c1-2-5-16-11-6-9(14)3-4-10(11)15-12(16)7-19-8-13(17)18/h3-4,6H,2,5,7-8H2,1H3,(H,17,18). The van der Waals surface area contributed by atoms with Gasteiger partial charge < -0.3 is 9.67 Å². The van der Waals surface area contributed by atoms with Gasteiger partial charge in [0.25, 0.3) is 0 Å². The molecule has 0 bridgehead atoms. The Balaban J connectivity index is 2.30. The van der Waals surface area contributed by atoms with Gasteiger partial charge in [-0.25, -0.2) is 4.98 Å². The van der Waals surface area contributed by atoms with Crippen LogP contribution in [0, 0.1) is 0 Å². The molecule has 0 radical (unpaired) electrons. The lowest BCUT2D eigenvalue weighted by molar-refractivity contribution is -0.133. The Bertz CT molecular complexity index is 598. The number of benzene rings is 1. The van der Waals surface area contributed by atoms with E-state index < -0.39 is 5.97 Å². The molecule has 1 heterocycles. The third kappa shape index (κ3) is 3.42. The molecule has 0 aliphatic carbocycles. The summed E-state index contributed by atoms with van der Waals surface area (Å²) in [5.74, 6) is 0.797. The van der Waals surface area contributed by atoms with Crippen molar-refractivity contribution in [2.75, 3.05) is 5.75 Å². The summed E-state index contributed by atoms with van der Waals surface area (Å²) >= 11 is 7.38. The number of fused-ring (bicyclic) bond motifs is 1. The average Bonchev–Trinajstić information content (AvgIpc) is 2.68. The molecule has 0 fully saturated rings. The quantitative estimate of drug-likeness (QED) is 0.888. The van der Waals surface area contributed by atoms with Gasteiger partial charge in [0.2, 0.25) is 0 Å². The van der Waals surface area contributed by atoms with Gasteiger partial charge in [0.1, 0.15) is 5.82 Å². The molecule has 6 heteroatoms. The van der Waals surface area contributed by atoms with Crippen LogP contribution in [0.2, 0.25) is 5.02 Å². The summed E-state index contributed by atoms with van der Waals surface area (Å²) in [4.78, 5) is 15.1. The molecule has 0 unspecified atom stereocenters. The number of carboxylic acids is 1.